The number of ether oxygens (including phenoxy) is 1. The van der Waals surface area contributed by atoms with E-state index in [1.54, 1.807) is 52.1 Å². The largest absolute Gasteiger partial charge is 0.444 e. The average molecular weight is 645 g/mol. The van der Waals surface area contributed by atoms with E-state index in [0.717, 1.165) is 16.7 Å². The van der Waals surface area contributed by atoms with Crippen LogP contribution >= 0.6 is 11.6 Å². The van der Waals surface area contributed by atoms with E-state index in [2.05, 4.69) is 43.3 Å². The van der Waals surface area contributed by atoms with Crippen LogP contribution in [0.25, 0.3) is 16.8 Å². The van der Waals surface area contributed by atoms with Crippen LogP contribution in [0.2, 0.25) is 5.02 Å². The first-order chi connectivity index (χ1) is 22.0. The summed E-state index contributed by atoms with van der Waals surface area (Å²) in [5.74, 6) is -0.811. The Morgan fingerprint density at radius 1 is 1.09 bits per heavy atom. The van der Waals surface area contributed by atoms with Gasteiger partial charge in [0, 0.05) is 30.5 Å². The molecule has 1 aliphatic heterocycles. The number of carbonyl (C=O) groups excluding carboxylic acids is 3. The van der Waals surface area contributed by atoms with Gasteiger partial charge < -0.3 is 15.4 Å². The monoisotopic (exact) mass is 644 g/mol. The molecule has 3 atom stereocenters. The van der Waals surface area contributed by atoms with Crippen molar-refractivity contribution >= 4 is 29.5 Å². The van der Waals surface area contributed by atoms with E-state index in [1.807, 2.05) is 30.5 Å². The molecule has 0 spiro atoms. The zero-order chi connectivity index (χ0) is 32.8. The minimum absolute atomic E-state index is 0.0223. The summed E-state index contributed by atoms with van der Waals surface area (Å²) < 4.78 is 7.12. The van der Waals surface area contributed by atoms with Crippen LogP contribution in [0.1, 0.15) is 57.6 Å². The number of pyridine rings is 1. The molecule has 1 saturated heterocycles. The van der Waals surface area contributed by atoms with E-state index in [1.165, 1.54) is 15.9 Å². The molecule has 4 aromatic rings. The number of piperidine rings is 1. The van der Waals surface area contributed by atoms with Gasteiger partial charge in [-0.3, -0.25) is 19.5 Å². The lowest BCUT2D eigenvalue weighted by atomic mass is 9.84. The van der Waals surface area contributed by atoms with Crippen molar-refractivity contribution in [2.75, 3.05) is 6.54 Å². The summed E-state index contributed by atoms with van der Waals surface area (Å²) in [7, 11) is 0. The van der Waals surface area contributed by atoms with Crippen LogP contribution in [0.5, 0.6) is 0 Å². The third-order valence-corrected chi connectivity index (χ3v) is 7.99. The minimum Gasteiger partial charge on any atom is -0.444 e. The summed E-state index contributed by atoms with van der Waals surface area (Å²) in [6.07, 6.45) is 5.47. The topological polar surface area (TPSA) is 144 Å². The summed E-state index contributed by atoms with van der Waals surface area (Å²) in [6.45, 7) is 7.41. The third-order valence-electron chi connectivity index (χ3n) is 7.75. The first kappa shape index (κ1) is 32.6. The molecule has 0 radical (unpaired) electrons. The van der Waals surface area contributed by atoms with Gasteiger partial charge in [-0.2, -0.15) is 0 Å². The van der Waals surface area contributed by atoms with Crippen molar-refractivity contribution < 1.29 is 19.1 Å². The van der Waals surface area contributed by atoms with Gasteiger partial charge in [0.25, 0.3) is 0 Å². The predicted octanol–water partition coefficient (Wildman–Crippen LogP) is 4.68. The van der Waals surface area contributed by atoms with E-state index >= 15 is 0 Å². The summed E-state index contributed by atoms with van der Waals surface area (Å²) in [4.78, 5) is 45.8. The van der Waals surface area contributed by atoms with Gasteiger partial charge in [0.15, 0.2) is 0 Å². The smallest absolute Gasteiger partial charge is 0.410 e. The Bertz CT molecular complexity index is 1660. The van der Waals surface area contributed by atoms with Crippen LogP contribution in [-0.2, 0) is 20.9 Å². The Kier molecular flexibility index (Phi) is 9.96. The number of benzene rings is 2. The third kappa shape index (κ3) is 8.05. The number of nitrogens with zero attached hydrogens (tertiary/aromatic N) is 6. The first-order valence-corrected chi connectivity index (χ1v) is 15.5. The van der Waals surface area contributed by atoms with E-state index < -0.39 is 35.6 Å². The molecule has 1 fully saturated rings. The molecule has 5 rings (SSSR count). The Balaban J connectivity index is 1.28. The van der Waals surface area contributed by atoms with E-state index in [4.69, 9.17) is 16.3 Å². The number of tetrazole rings is 1. The maximum absolute atomic E-state index is 13.7. The second kappa shape index (κ2) is 14.1. The number of amides is 3. The van der Waals surface area contributed by atoms with Crippen molar-refractivity contribution in [2.24, 2.45) is 0 Å². The highest BCUT2D eigenvalue weighted by Gasteiger charge is 2.39. The SMILES string of the molecule is CC(NC(=O)[C@H]1C[C@@H](c2ccc(-c3cccnc3)cc2)CCN1C(=O)OC(C)(C)C)C(=O)NCc1cc(Cl)ccc1-n1cnnn1. The second-order valence-electron chi connectivity index (χ2n) is 12.3. The zero-order valence-corrected chi connectivity index (χ0v) is 26.9. The highest BCUT2D eigenvalue weighted by molar-refractivity contribution is 6.30. The van der Waals surface area contributed by atoms with E-state index in [-0.39, 0.29) is 12.5 Å². The van der Waals surface area contributed by atoms with Crippen molar-refractivity contribution in [2.45, 2.75) is 70.7 Å². The molecule has 3 amide bonds. The van der Waals surface area contributed by atoms with E-state index in [0.29, 0.717) is 35.7 Å². The molecule has 46 heavy (non-hydrogen) atoms. The Morgan fingerprint density at radius 2 is 1.87 bits per heavy atom. The maximum Gasteiger partial charge on any atom is 0.410 e. The summed E-state index contributed by atoms with van der Waals surface area (Å²) >= 11 is 6.21. The van der Waals surface area contributed by atoms with Crippen LogP contribution in [0, 0.1) is 0 Å². The van der Waals surface area contributed by atoms with Crippen molar-refractivity contribution in [1.29, 1.82) is 0 Å². The number of rotatable bonds is 8. The van der Waals surface area contributed by atoms with Crippen LogP contribution in [0.4, 0.5) is 4.79 Å². The molecule has 240 valence electrons. The van der Waals surface area contributed by atoms with Crippen LogP contribution in [-0.4, -0.2) is 72.2 Å². The lowest BCUT2D eigenvalue weighted by molar-refractivity contribution is -0.132. The number of hydrogen-bond donors (Lipinski definition) is 2. The molecular formula is C33H37ClN8O4. The number of nitrogens with one attached hydrogen (secondary N) is 2. The van der Waals surface area contributed by atoms with Gasteiger partial charge in [0.05, 0.1) is 5.69 Å². The molecule has 2 aromatic heterocycles. The Morgan fingerprint density at radius 3 is 2.54 bits per heavy atom. The lowest BCUT2D eigenvalue weighted by Crippen LogP contribution is -2.57. The molecule has 0 aliphatic carbocycles. The van der Waals surface area contributed by atoms with Gasteiger partial charge >= 0.3 is 6.09 Å². The fourth-order valence-electron chi connectivity index (χ4n) is 5.44. The Labute approximate surface area is 272 Å². The van der Waals surface area contributed by atoms with Gasteiger partial charge in [-0.15, -0.1) is 5.10 Å². The van der Waals surface area contributed by atoms with Crippen molar-refractivity contribution in [3.8, 4) is 16.8 Å². The van der Waals surface area contributed by atoms with E-state index in [9.17, 15) is 14.4 Å². The molecule has 2 aromatic carbocycles. The molecule has 1 aliphatic rings. The molecule has 3 heterocycles. The lowest BCUT2D eigenvalue weighted by Gasteiger charge is -2.39. The summed E-state index contributed by atoms with van der Waals surface area (Å²) in [5, 5.41) is 17.4. The summed E-state index contributed by atoms with van der Waals surface area (Å²) in [6, 6.07) is 15.5. The van der Waals surface area contributed by atoms with Crippen LogP contribution < -0.4 is 10.6 Å². The minimum atomic E-state index is -0.886. The molecular weight excluding hydrogens is 608 g/mol. The van der Waals surface area contributed by atoms with Gasteiger partial charge in [-0.1, -0.05) is 41.9 Å². The molecule has 13 heteroatoms. The van der Waals surface area contributed by atoms with Gasteiger partial charge in [-0.05, 0) is 103 Å². The zero-order valence-electron chi connectivity index (χ0n) is 26.2. The predicted molar refractivity (Wildman–Crippen MR) is 172 cm³/mol. The average Bonchev–Trinajstić information content (AvgIpc) is 3.58. The van der Waals surface area contributed by atoms with Gasteiger partial charge in [-0.25, -0.2) is 9.48 Å². The molecule has 2 N–H and O–H groups in total. The number of carbonyl (C=O) groups is 3. The van der Waals surface area contributed by atoms with Crippen LogP contribution in [0.3, 0.4) is 0 Å². The standard InChI is InChI=1S/C33H37ClN8O4/c1-21(30(43)36-19-26-16-27(34)11-12-28(26)42-20-37-39-40-42)38-31(44)29-17-24(13-15-41(29)32(45)46-33(2,3)4)22-7-9-23(10-8-22)25-6-5-14-35-18-25/h5-12,14,16,18,20-21,24,29H,13,15,17,19H2,1-4H3,(H,36,43)(H,38,44)/t21?,24-,29+/m0/s1. The molecule has 12 nitrogen and oxygen atoms in total. The fourth-order valence-corrected chi connectivity index (χ4v) is 5.63. The maximum atomic E-state index is 13.7. The fraction of sp³-hybridized carbons (Fsp3) is 0.364. The summed E-state index contributed by atoms with van der Waals surface area (Å²) in [5.41, 5.74) is 3.74. The highest BCUT2D eigenvalue weighted by Crippen LogP contribution is 2.34. The number of likely N-dealkylation sites (tertiary alicyclic amines) is 1. The Hall–Kier alpha value is -4.84. The number of aromatic nitrogens is 5. The normalized spacial score (nSPS) is 17.2. The molecule has 0 saturated carbocycles. The molecule has 1 unspecified atom stereocenters. The number of hydrogen-bond acceptors (Lipinski definition) is 8. The van der Waals surface area contributed by atoms with Gasteiger partial charge in [0.2, 0.25) is 11.8 Å². The number of halogens is 1. The van der Waals surface area contributed by atoms with Crippen LogP contribution in [0.15, 0.2) is 73.3 Å². The molecule has 0 bridgehead atoms. The van der Waals surface area contributed by atoms with Crippen molar-refractivity contribution in [3.63, 3.8) is 0 Å². The highest BCUT2D eigenvalue weighted by atomic mass is 35.5. The van der Waals surface area contributed by atoms with Crippen molar-refractivity contribution in [1.82, 2.24) is 40.7 Å². The second-order valence-corrected chi connectivity index (χ2v) is 12.7. The van der Waals surface area contributed by atoms with Crippen molar-refractivity contribution in [3.05, 3.63) is 89.5 Å². The quantitative estimate of drug-likeness (QED) is 0.281. The first-order valence-electron chi connectivity index (χ1n) is 15.1. The van der Waals surface area contributed by atoms with Gasteiger partial charge in [0.1, 0.15) is 24.0 Å².